The Hall–Kier alpha value is -1.07. The van der Waals surface area contributed by atoms with Crippen LogP contribution in [0.1, 0.15) is 5.56 Å². The van der Waals surface area contributed by atoms with Crippen molar-refractivity contribution in [3.05, 3.63) is 27.0 Å². The number of aromatic nitrogens is 1. The van der Waals surface area contributed by atoms with Gasteiger partial charge in [-0.1, -0.05) is 0 Å². The van der Waals surface area contributed by atoms with Gasteiger partial charge in [0.25, 0.3) is 0 Å². The molecule has 0 saturated heterocycles. The quantitative estimate of drug-likeness (QED) is 0.861. The van der Waals surface area contributed by atoms with Crippen LogP contribution in [0.2, 0.25) is 0 Å². The van der Waals surface area contributed by atoms with E-state index in [4.69, 9.17) is 9.47 Å². The predicted octanol–water partition coefficient (Wildman–Crippen LogP) is 3.90. The molecule has 2 rings (SSSR count). The summed E-state index contributed by atoms with van der Waals surface area (Å²) in [6.45, 7) is 2.03. The van der Waals surface area contributed by atoms with Crippen molar-refractivity contribution in [2.24, 2.45) is 0 Å². The Balaban J connectivity index is 2.55. The Kier molecular flexibility index (Phi) is 3.69. The Bertz CT molecular complexity index is 539. The van der Waals surface area contributed by atoms with Gasteiger partial charge in [-0.3, -0.25) is 0 Å². The highest BCUT2D eigenvalue weighted by atomic mass is 79.9. The lowest BCUT2D eigenvalue weighted by atomic mass is 10.1. The zero-order valence-corrected chi connectivity index (χ0v) is 12.2. The molecule has 3 nitrogen and oxygen atoms in total. The number of nitrogens with zero attached hydrogens (tertiary/aromatic N) is 1. The summed E-state index contributed by atoms with van der Waals surface area (Å²) in [4.78, 5) is 4.41. The first-order chi connectivity index (χ1) is 8.15. The summed E-state index contributed by atoms with van der Waals surface area (Å²) in [6, 6.07) is 3.91. The van der Waals surface area contributed by atoms with Crippen molar-refractivity contribution < 1.29 is 9.47 Å². The number of methoxy groups -OCH3 is 2. The topological polar surface area (TPSA) is 31.4 Å². The minimum absolute atomic E-state index is 0.720. The molecule has 1 aromatic heterocycles. The highest BCUT2D eigenvalue weighted by Gasteiger charge is 2.12. The fraction of sp³-hybridized carbons (Fsp3) is 0.250. The van der Waals surface area contributed by atoms with E-state index >= 15 is 0 Å². The van der Waals surface area contributed by atoms with E-state index < -0.39 is 0 Å². The van der Waals surface area contributed by atoms with Gasteiger partial charge in [-0.15, -0.1) is 11.3 Å². The fourth-order valence-electron chi connectivity index (χ4n) is 1.63. The molecule has 90 valence electrons. The van der Waals surface area contributed by atoms with Crippen LogP contribution in [0.25, 0.3) is 11.3 Å². The van der Waals surface area contributed by atoms with Crippen LogP contribution in [0.5, 0.6) is 11.5 Å². The van der Waals surface area contributed by atoms with Crippen molar-refractivity contribution in [3.8, 4) is 22.8 Å². The van der Waals surface area contributed by atoms with Gasteiger partial charge in [-0.2, -0.15) is 0 Å². The molecule has 0 amide bonds. The van der Waals surface area contributed by atoms with Gasteiger partial charge in [-0.25, -0.2) is 4.98 Å². The summed E-state index contributed by atoms with van der Waals surface area (Å²) in [6.07, 6.45) is 0. The highest BCUT2D eigenvalue weighted by molar-refractivity contribution is 9.11. The summed E-state index contributed by atoms with van der Waals surface area (Å²) in [5, 5.41) is 2.01. The van der Waals surface area contributed by atoms with Crippen LogP contribution in [-0.2, 0) is 0 Å². The second-order valence-corrected chi connectivity index (χ2v) is 5.64. The molecule has 0 aliphatic carbocycles. The van der Waals surface area contributed by atoms with E-state index in [1.807, 2.05) is 24.4 Å². The summed E-state index contributed by atoms with van der Waals surface area (Å²) in [7, 11) is 3.27. The van der Waals surface area contributed by atoms with E-state index in [1.165, 1.54) is 0 Å². The van der Waals surface area contributed by atoms with Gasteiger partial charge in [0.05, 0.1) is 19.9 Å². The minimum atomic E-state index is 0.720. The SMILES string of the molecule is COc1cc(C)c(-c2csc(Br)n2)cc1OC. The van der Waals surface area contributed by atoms with Gasteiger partial charge in [0.1, 0.15) is 0 Å². The van der Waals surface area contributed by atoms with Crippen LogP contribution in [0, 0.1) is 6.92 Å². The molecular weight excluding hydrogens is 302 g/mol. The number of ether oxygens (including phenoxy) is 2. The molecule has 2 aromatic rings. The van der Waals surface area contributed by atoms with E-state index in [1.54, 1.807) is 25.6 Å². The molecule has 0 aliphatic rings. The van der Waals surface area contributed by atoms with Crippen molar-refractivity contribution >= 4 is 27.3 Å². The molecule has 1 aromatic carbocycles. The van der Waals surface area contributed by atoms with Crippen molar-refractivity contribution in [1.82, 2.24) is 4.98 Å². The fourth-order valence-corrected chi connectivity index (χ4v) is 2.64. The lowest BCUT2D eigenvalue weighted by Crippen LogP contribution is -1.93. The largest absolute Gasteiger partial charge is 0.493 e. The van der Waals surface area contributed by atoms with Gasteiger partial charge in [0.15, 0.2) is 15.4 Å². The predicted molar refractivity (Wildman–Crippen MR) is 73.1 cm³/mol. The van der Waals surface area contributed by atoms with Crippen LogP contribution in [0.3, 0.4) is 0 Å². The Morgan fingerprint density at radius 1 is 1.18 bits per heavy atom. The monoisotopic (exact) mass is 313 g/mol. The van der Waals surface area contributed by atoms with E-state index in [0.29, 0.717) is 0 Å². The maximum Gasteiger partial charge on any atom is 0.161 e. The van der Waals surface area contributed by atoms with Crippen molar-refractivity contribution in [2.45, 2.75) is 6.92 Å². The molecule has 0 aliphatic heterocycles. The van der Waals surface area contributed by atoms with Crippen molar-refractivity contribution in [3.63, 3.8) is 0 Å². The van der Waals surface area contributed by atoms with Gasteiger partial charge in [0.2, 0.25) is 0 Å². The average Bonchev–Trinajstić information content (AvgIpc) is 2.75. The number of hydrogen-bond donors (Lipinski definition) is 0. The first kappa shape index (κ1) is 12.4. The standard InChI is InChI=1S/C12H12BrNO2S/c1-7-4-10(15-2)11(16-3)5-8(7)9-6-17-12(13)14-9/h4-6H,1-3H3. The number of aryl methyl sites for hydroxylation is 1. The number of thiazole rings is 1. The Morgan fingerprint density at radius 3 is 2.35 bits per heavy atom. The first-order valence-corrected chi connectivity index (χ1v) is 6.67. The zero-order valence-electron chi connectivity index (χ0n) is 9.78. The van der Waals surface area contributed by atoms with Crippen LogP contribution in [0.15, 0.2) is 21.4 Å². The third-order valence-electron chi connectivity index (χ3n) is 2.48. The lowest BCUT2D eigenvalue weighted by molar-refractivity contribution is 0.355. The van der Waals surface area contributed by atoms with Gasteiger partial charge < -0.3 is 9.47 Å². The van der Waals surface area contributed by atoms with Crippen LogP contribution < -0.4 is 9.47 Å². The number of rotatable bonds is 3. The Morgan fingerprint density at radius 2 is 1.82 bits per heavy atom. The van der Waals surface area contributed by atoms with Crippen LogP contribution in [-0.4, -0.2) is 19.2 Å². The smallest absolute Gasteiger partial charge is 0.161 e. The molecular formula is C12H12BrNO2S. The summed E-state index contributed by atoms with van der Waals surface area (Å²) in [5.74, 6) is 1.46. The van der Waals surface area contributed by atoms with Crippen molar-refractivity contribution in [1.29, 1.82) is 0 Å². The van der Waals surface area contributed by atoms with E-state index in [0.717, 1.165) is 32.2 Å². The minimum Gasteiger partial charge on any atom is -0.493 e. The molecule has 0 saturated carbocycles. The summed E-state index contributed by atoms with van der Waals surface area (Å²) >= 11 is 4.93. The van der Waals surface area contributed by atoms with Gasteiger partial charge in [-0.05, 0) is 40.5 Å². The number of halogens is 1. The molecule has 0 unspecified atom stereocenters. The molecule has 17 heavy (non-hydrogen) atoms. The van der Waals surface area contributed by atoms with E-state index in [9.17, 15) is 0 Å². The number of benzene rings is 1. The van der Waals surface area contributed by atoms with E-state index in [-0.39, 0.29) is 0 Å². The molecule has 0 spiro atoms. The second-order valence-electron chi connectivity index (χ2n) is 3.51. The summed E-state index contributed by atoms with van der Waals surface area (Å²) < 4.78 is 11.4. The Labute approximate surface area is 113 Å². The lowest BCUT2D eigenvalue weighted by Gasteiger charge is -2.11. The summed E-state index contributed by atoms with van der Waals surface area (Å²) in [5.41, 5.74) is 3.12. The molecule has 5 heteroatoms. The maximum absolute atomic E-state index is 5.30. The molecule has 0 radical (unpaired) electrons. The highest BCUT2D eigenvalue weighted by Crippen LogP contribution is 2.36. The average molecular weight is 314 g/mol. The van der Waals surface area contributed by atoms with E-state index in [2.05, 4.69) is 20.9 Å². The van der Waals surface area contributed by atoms with Gasteiger partial charge in [0, 0.05) is 10.9 Å². The normalized spacial score (nSPS) is 10.4. The molecule has 0 bridgehead atoms. The maximum atomic E-state index is 5.30. The van der Waals surface area contributed by atoms with Gasteiger partial charge >= 0.3 is 0 Å². The number of hydrogen-bond acceptors (Lipinski definition) is 4. The molecule has 0 atom stereocenters. The van der Waals surface area contributed by atoms with Crippen molar-refractivity contribution in [2.75, 3.05) is 14.2 Å². The van der Waals surface area contributed by atoms with Crippen LogP contribution >= 0.6 is 27.3 Å². The first-order valence-electron chi connectivity index (χ1n) is 4.99. The third kappa shape index (κ3) is 2.45. The molecule has 1 heterocycles. The second kappa shape index (κ2) is 5.06. The molecule has 0 fully saturated rings. The molecule has 0 N–H and O–H groups in total. The zero-order chi connectivity index (χ0) is 12.4. The third-order valence-corrected chi connectivity index (χ3v) is 3.85. The van der Waals surface area contributed by atoms with Crippen LogP contribution in [0.4, 0.5) is 0 Å².